The third-order valence-corrected chi connectivity index (χ3v) is 3.12. The summed E-state index contributed by atoms with van der Waals surface area (Å²) in [4.78, 5) is 10.9. The third-order valence-electron chi connectivity index (χ3n) is 2.18. The number of nitrogens with one attached hydrogen (secondary N) is 1. The number of amides is 1. The molecule has 5 heteroatoms. The van der Waals surface area contributed by atoms with Gasteiger partial charge in [0.15, 0.2) is 0 Å². The maximum absolute atomic E-state index is 10.9. The molecule has 0 fully saturated rings. The minimum atomic E-state index is 0.115. The zero-order chi connectivity index (χ0) is 16.4. The predicted octanol–water partition coefficient (Wildman–Crippen LogP) is 2.37. The van der Waals surface area contributed by atoms with Gasteiger partial charge in [-0.1, -0.05) is 34.6 Å². The Morgan fingerprint density at radius 3 is 1.80 bits per heavy atom. The van der Waals surface area contributed by atoms with Gasteiger partial charge in [0.2, 0.25) is 5.91 Å². The molecule has 124 valence electrons. The van der Waals surface area contributed by atoms with Gasteiger partial charge in [-0.2, -0.15) is 0 Å². The van der Waals surface area contributed by atoms with Gasteiger partial charge >= 0.3 is 0 Å². The largest absolute Gasteiger partial charge is 0.355 e. The molecule has 1 unspecified atom stereocenters. The van der Waals surface area contributed by atoms with Gasteiger partial charge in [0.25, 0.3) is 0 Å². The minimum absolute atomic E-state index is 0.115. The molecule has 0 aliphatic heterocycles. The predicted molar refractivity (Wildman–Crippen MR) is 94.9 cm³/mol. The molecule has 0 heterocycles. The SMILES string of the molecule is CC(C)CCC(=O)NCCN.CC(C)CP.CCCN. The average Bonchev–Trinajstić information content (AvgIpc) is 2.43. The second-order valence-corrected chi connectivity index (χ2v) is 5.96. The molecule has 0 aliphatic rings. The van der Waals surface area contributed by atoms with Crippen molar-refractivity contribution in [2.75, 3.05) is 25.8 Å². The van der Waals surface area contributed by atoms with Crippen LogP contribution in [0, 0.1) is 11.8 Å². The Labute approximate surface area is 129 Å². The van der Waals surface area contributed by atoms with Crippen molar-refractivity contribution in [2.45, 2.75) is 53.9 Å². The molecule has 1 amide bonds. The van der Waals surface area contributed by atoms with E-state index in [2.05, 4.69) is 49.2 Å². The number of nitrogens with two attached hydrogens (primary N) is 2. The number of carbonyl (C=O) groups is 1. The molecule has 0 radical (unpaired) electrons. The molecule has 0 aromatic rings. The van der Waals surface area contributed by atoms with E-state index in [1.54, 1.807) is 0 Å². The van der Waals surface area contributed by atoms with Gasteiger partial charge in [0.1, 0.15) is 0 Å². The molecule has 0 aromatic heterocycles. The Kier molecular flexibility index (Phi) is 26.2. The summed E-state index contributed by atoms with van der Waals surface area (Å²) in [6.45, 7) is 12.6. The highest BCUT2D eigenvalue weighted by molar-refractivity contribution is 7.16. The summed E-state index contributed by atoms with van der Waals surface area (Å²) in [5.74, 6) is 1.56. The lowest BCUT2D eigenvalue weighted by atomic mass is 10.1. The summed E-state index contributed by atoms with van der Waals surface area (Å²) >= 11 is 0. The lowest BCUT2D eigenvalue weighted by molar-refractivity contribution is -0.121. The van der Waals surface area contributed by atoms with Crippen LogP contribution < -0.4 is 16.8 Å². The first-order chi connectivity index (χ1) is 9.35. The van der Waals surface area contributed by atoms with Crippen molar-refractivity contribution in [1.82, 2.24) is 5.32 Å². The van der Waals surface area contributed by atoms with Gasteiger partial charge < -0.3 is 16.8 Å². The van der Waals surface area contributed by atoms with E-state index in [0.29, 0.717) is 25.4 Å². The molecule has 0 saturated carbocycles. The van der Waals surface area contributed by atoms with Crippen molar-refractivity contribution in [1.29, 1.82) is 0 Å². The van der Waals surface area contributed by atoms with Crippen LogP contribution in [0.1, 0.15) is 53.9 Å². The topological polar surface area (TPSA) is 81.1 Å². The second kappa shape index (κ2) is 21.1. The van der Waals surface area contributed by atoms with Crippen molar-refractivity contribution in [3.05, 3.63) is 0 Å². The van der Waals surface area contributed by atoms with E-state index in [4.69, 9.17) is 11.5 Å². The van der Waals surface area contributed by atoms with Crippen LogP contribution in [0.25, 0.3) is 0 Å². The van der Waals surface area contributed by atoms with Crippen molar-refractivity contribution < 1.29 is 4.79 Å². The lowest BCUT2D eigenvalue weighted by Gasteiger charge is -2.04. The lowest BCUT2D eigenvalue weighted by Crippen LogP contribution is -2.28. The summed E-state index contributed by atoms with van der Waals surface area (Å²) in [5, 5.41) is 2.72. The van der Waals surface area contributed by atoms with E-state index < -0.39 is 0 Å². The normalized spacial score (nSPS) is 9.50. The van der Waals surface area contributed by atoms with E-state index in [9.17, 15) is 4.79 Å². The summed E-state index contributed by atoms with van der Waals surface area (Å²) in [5.41, 5.74) is 10.2. The van der Waals surface area contributed by atoms with E-state index in [1.165, 1.54) is 6.16 Å². The fraction of sp³-hybridized carbons (Fsp3) is 0.933. The van der Waals surface area contributed by atoms with Crippen LogP contribution in [0.5, 0.6) is 0 Å². The fourth-order valence-corrected chi connectivity index (χ4v) is 0.720. The van der Waals surface area contributed by atoms with Crippen molar-refractivity contribution in [2.24, 2.45) is 23.3 Å². The molecule has 1 atom stereocenters. The van der Waals surface area contributed by atoms with Crippen LogP contribution >= 0.6 is 9.24 Å². The van der Waals surface area contributed by atoms with Gasteiger partial charge in [-0.3, -0.25) is 4.79 Å². The molecule has 0 rings (SSSR count). The van der Waals surface area contributed by atoms with Crippen molar-refractivity contribution in [3.63, 3.8) is 0 Å². The Morgan fingerprint density at radius 1 is 1.10 bits per heavy atom. The number of rotatable bonds is 7. The van der Waals surface area contributed by atoms with E-state index in [1.807, 2.05) is 0 Å². The fourth-order valence-electron chi connectivity index (χ4n) is 0.720. The van der Waals surface area contributed by atoms with E-state index in [0.717, 1.165) is 25.3 Å². The highest BCUT2D eigenvalue weighted by Crippen LogP contribution is 2.02. The van der Waals surface area contributed by atoms with Crippen LogP contribution in [0.4, 0.5) is 0 Å². The smallest absolute Gasteiger partial charge is 0.220 e. The van der Waals surface area contributed by atoms with Crippen LogP contribution in [0.3, 0.4) is 0 Å². The zero-order valence-electron chi connectivity index (χ0n) is 14.2. The first kappa shape index (κ1) is 24.8. The second-order valence-electron chi connectivity index (χ2n) is 5.49. The summed E-state index contributed by atoms with van der Waals surface area (Å²) in [6, 6.07) is 0. The maximum Gasteiger partial charge on any atom is 0.220 e. The van der Waals surface area contributed by atoms with Crippen molar-refractivity contribution >= 4 is 15.1 Å². The molecule has 0 bridgehead atoms. The van der Waals surface area contributed by atoms with E-state index in [-0.39, 0.29) is 5.91 Å². The Morgan fingerprint density at radius 2 is 1.55 bits per heavy atom. The summed E-state index contributed by atoms with van der Waals surface area (Å²) < 4.78 is 0. The molecule has 0 aliphatic carbocycles. The van der Waals surface area contributed by atoms with Gasteiger partial charge in [-0.05, 0) is 37.4 Å². The van der Waals surface area contributed by atoms with Crippen molar-refractivity contribution in [3.8, 4) is 0 Å². The Bertz CT molecular complexity index is 186. The van der Waals surface area contributed by atoms with Crippen LogP contribution in [-0.4, -0.2) is 31.7 Å². The number of hydrogen-bond donors (Lipinski definition) is 3. The summed E-state index contributed by atoms with van der Waals surface area (Å²) in [7, 11) is 2.69. The number of hydrogen-bond acceptors (Lipinski definition) is 3. The molecule has 4 nitrogen and oxygen atoms in total. The first-order valence-corrected chi connectivity index (χ1v) is 8.54. The van der Waals surface area contributed by atoms with E-state index >= 15 is 0 Å². The summed E-state index contributed by atoms with van der Waals surface area (Å²) in [6.07, 6.45) is 3.90. The van der Waals surface area contributed by atoms with Gasteiger partial charge in [-0.15, -0.1) is 9.24 Å². The quantitative estimate of drug-likeness (QED) is 0.632. The Balaban J connectivity index is -0.000000266. The van der Waals surface area contributed by atoms with Gasteiger partial charge in [-0.25, -0.2) is 0 Å². The van der Waals surface area contributed by atoms with Gasteiger partial charge in [0, 0.05) is 19.5 Å². The standard InChI is InChI=1S/C8H18N2O.C4H11P.C3H9N/c1-7(2)3-4-8(11)10-6-5-9;1-4(2)3-5;1-2-3-4/h7H,3-6,9H2,1-2H3,(H,10,11);4H,3,5H2,1-2H3;2-4H2,1H3. The number of carbonyl (C=O) groups excluding carboxylic acids is 1. The van der Waals surface area contributed by atoms with Crippen LogP contribution in [-0.2, 0) is 4.79 Å². The zero-order valence-corrected chi connectivity index (χ0v) is 15.4. The van der Waals surface area contributed by atoms with Crippen LogP contribution in [0.2, 0.25) is 0 Å². The molecule has 0 spiro atoms. The molecular weight excluding hydrogens is 269 g/mol. The monoisotopic (exact) mass is 307 g/mol. The van der Waals surface area contributed by atoms with Gasteiger partial charge in [0.05, 0.1) is 0 Å². The first-order valence-electron chi connectivity index (χ1n) is 7.72. The third kappa shape index (κ3) is 36.1. The highest BCUT2D eigenvalue weighted by Gasteiger charge is 2.00. The molecule has 20 heavy (non-hydrogen) atoms. The molecular formula is C15H38N3OP. The average molecular weight is 307 g/mol. The minimum Gasteiger partial charge on any atom is -0.355 e. The Hall–Kier alpha value is -0.180. The van der Waals surface area contributed by atoms with Crippen LogP contribution in [0.15, 0.2) is 0 Å². The maximum atomic E-state index is 10.9. The highest BCUT2D eigenvalue weighted by atomic mass is 31.0. The molecule has 0 aromatic carbocycles. The molecule has 5 N–H and O–H groups in total. The molecule has 0 saturated heterocycles.